The van der Waals surface area contributed by atoms with Gasteiger partial charge in [0.25, 0.3) is 10.1 Å². The fourth-order valence-electron chi connectivity index (χ4n) is 3.80. The van der Waals surface area contributed by atoms with Gasteiger partial charge in [-0.1, -0.05) is 24.3 Å². The standard InChI is InChI=1S/C20H25N4O4.CH4O3S/c25-23(26)18-8-3-7-17-19(18)20(15-5-1-2-6-16(15)22-17)21-9-4-10-24(27)11-13-28-14-12-24;1-5(2,3)4/h1-3,5-8,23,25,27H,4,9-14H2,(H,21,22);1H3,(H,2,3,4)/q+1;. The number of morpholine rings is 1. The highest BCUT2D eigenvalue weighted by atomic mass is 32.2. The van der Waals surface area contributed by atoms with Crippen molar-refractivity contribution in [3.05, 3.63) is 47.7 Å². The van der Waals surface area contributed by atoms with Crippen LogP contribution in [0.4, 0.5) is 11.4 Å². The fraction of sp³-hybridized carbons (Fsp3) is 0.381. The van der Waals surface area contributed by atoms with Crippen molar-refractivity contribution < 1.29 is 38.0 Å². The number of pyridine rings is 1. The number of anilines is 1. The predicted octanol–water partition coefficient (Wildman–Crippen LogP) is 1.33. The molecular weight excluding hydrogens is 452 g/mol. The molecule has 1 aliphatic rings. The molecule has 12 heteroatoms. The summed E-state index contributed by atoms with van der Waals surface area (Å²) in [5, 5.41) is 36.0. The van der Waals surface area contributed by atoms with E-state index in [0.717, 1.165) is 23.0 Å². The topological polar surface area (TPSA) is 156 Å². The van der Waals surface area contributed by atoms with E-state index >= 15 is 0 Å². The third-order valence-electron chi connectivity index (χ3n) is 5.29. The molecular formula is C21H29N4O7S+. The van der Waals surface area contributed by atoms with E-state index in [1.54, 1.807) is 12.1 Å². The van der Waals surface area contributed by atoms with Gasteiger partial charge in [0, 0.05) is 24.4 Å². The number of aromatic nitrogens is 1. The summed E-state index contributed by atoms with van der Waals surface area (Å²) in [5.41, 5.74) is 2.49. The Morgan fingerprint density at radius 2 is 1.79 bits per heavy atom. The molecule has 180 valence electrons. The third kappa shape index (κ3) is 7.03. The van der Waals surface area contributed by atoms with Crippen LogP contribution in [-0.4, -0.2) is 78.7 Å². The normalized spacial score (nSPS) is 16.8. The third-order valence-corrected chi connectivity index (χ3v) is 5.29. The molecule has 0 saturated carbocycles. The first-order chi connectivity index (χ1) is 15.6. The maximum Gasteiger partial charge on any atom is 0.261 e. The number of nitrogens with one attached hydrogen (secondary N) is 2. The lowest BCUT2D eigenvalue weighted by molar-refractivity contribution is -1.11. The van der Waals surface area contributed by atoms with Crippen molar-refractivity contribution in [2.75, 3.05) is 51.0 Å². The van der Waals surface area contributed by atoms with Crippen LogP contribution < -0.4 is 10.5 Å². The van der Waals surface area contributed by atoms with Crippen molar-refractivity contribution in [3.63, 3.8) is 0 Å². The Labute approximate surface area is 191 Å². The largest absolute Gasteiger partial charge is 0.595 e. The quantitative estimate of drug-likeness (QED) is 0.115. The first-order valence-corrected chi connectivity index (χ1v) is 12.3. The summed E-state index contributed by atoms with van der Waals surface area (Å²) < 4.78 is 31.2. The molecule has 0 aliphatic carbocycles. The molecule has 1 aliphatic heterocycles. The number of nitrogens with zero attached hydrogens (tertiary/aromatic N) is 2. The Morgan fingerprint density at radius 1 is 1.15 bits per heavy atom. The van der Waals surface area contributed by atoms with Gasteiger partial charge in [-0.05, 0) is 12.1 Å². The number of ether oxygens (including phenoxy) is 1. The minimum absolute atomic E-state index is 0.0277. The number of fused-ring (bicyclic) bond motifs is 2. The van der Waals surface area contributed by atoms with Gasteiger partial charge in [0.15, 0.2) is 5.69 Å². The van der Waals surface area contributed by atoms with E-state index in [1.807, 2.05) is 30.3 Å². The predicted molar refractivity (Wildman–Crippen MR) is 123 cm³/mol. The van der Waals surface area contributed by atoms with Crippen LogP contribution in [0.2, 0.25) is 0 Å². The summed E-state index contributed by atoms with van der Waals surface area (Å²) in [5.74, 6) is 0. The number of para-hydroxylation sites is 1. The summed E-state index contributed by atoms with van der Waals surface area (Å²) in [7, 11) is -3.67. The van der Waals surface area contributed by atoms with E-state index in [0.29, 0.717) is 56.6 Å². The van der Waals surface area contributed by atoms with Crippen LogP contribution in [0.25, 0.3) is 21.8 Å². The highest BCUT2D eigenvalue weighted by Crippen LogP contribution is 2.34. The SMILES string of the molecule is CS(=O)(=O)O.[O-][NH+](O)c1cccc2nc3ccccc3c(NCCC[N+]3(O)CCOCC3)c12. The van der Waals surface area contributed by atoms with Gasteiger partial charge in [-0.25, -0.2) is 15.4 Å². The van der Waals surface area contributed by atoms with Gasteiger partial charge >= 0.3 is 0 Å². The Morgan fingerprint density at radius 3 is 2.45 bits per heavy atom. The molecule has 1 saturated heterocycles. The van der Waals surface area contributed by atoms with Gasteiger partial charge < -0.3 is 15.3 Å². The summed E-state index contributed by atoms with van der Waals surface area (Å²) in [6.45, 7) is 3.60. The number of rotatable bonds is 6. The van der Waals surface area contributed by atoms with Crippen molar-refractivity contribution in [2.24, 2.45) is 0 Å². The van der Waals surface area contributed by atoms with E-state index < -0.39 is 15.3 Å². The fourth-order valence-corrected chi connectivity index (χ4v) is 3.80. The molecule has 5 N–H and O–H groups in total. The summed E-state index contributed by atoms with van der Waals surface area (Å²) in [4.78, 5) is 4.63. The number of benzene rings is 2. The Hall–Kier alpha value is -2.42. The Kier molecular flexibility index (Phi) is 8.15. The second kappa shape index (κ2) is 10.7. The molecule has 33 heavy (non-hydrogen) atoms. The van der Waals surface area contributed by atoms with E-state index in [4.69, 9.17) is 9.29 Å². The van der Waals surface area contributed by atoms with Crippen LogP contribution in [0, 0.1) is 5.21 Å². The zero-order valence-electron chi connectivity index (χ0n) is 18.3. The number of hydrogen-bond donors (Lipinski definition) is 5. The second-order valence-electron chi connectivity index (χ2n) is 7.90. The van der Waals surface area contributed by atoms with Crippen LogP contribution in [0.3, 0.4) is 0 Å². The Bertz CT molecular complexity index is 1190. The van der Waals surface area contributed by atoms with Gasteiger partial charge in [0.1, 0.15) is 19.6 Å². The smallest absolute Gasteiger partial charge is 0.261 e. The van der Waals surface area contributed by atoms with Crippen LogP contribution in [-0.2, 0) is 14.9 Å². The lowest BCUT2D eigenvalue weighted by Crippen LogP contribution is -2.99. The molecule has 1 fully saturated rings. The lowest BCUT2D eigenvalue weighted by Gasteiger charge is -2.33. The summed E-state index contributed by atoms with van der Waals surface area (Å²) >= 11 is 0. The maximum absolute atomic E-state index is 11.8. The van der Waals surface area contributed by atoms with Crippen LogP contribution in [0.15, 0.2) is 42.5 Å². The van der Waals surface area contributed by atoms with Crippen LogP contribution in [0.1, 0.15) is 6.42 Å². The highest BCUT2D eigenvalue weighted by molar-refractivity contribution is 7.85. The van der Waals surface area contributed by atoms with Crippen molar-refractivity contribution in [2.45, 2.75) is 6.42 Å². The molecule has 11 nitrogen and oxygen atoms in total. The zero-order chi connectivity index (χ0) is 24.1. The molecule has 1 atom stereocenters. The van der Waals surface area contributed by atoms with Crippen molar-refractivity contribution in [1.82, 2.24) is 4.98 Å². The van der Waals surface area contributed by atoms with E-state index in [2.05, 4.69) is 10.3 Å². The van der Waals surface area contributed by atoms with Crippen molar-refractivity contribution in [3.8, 4) is 0 Å². The number of hydrogen-bond acceptors (Lipinski definition) is 8. The molecule has 2 aromatic carbocycles. The first-order valence-electron chi connectivity index (χ1n) is 10.5. The monoisotopic (exact) mass is 481 g/mol. The van der Waals surface area contributed by atoms with Crippen molar-refractivity contribution >= 4 is 43.3 Å². The number of hydroxylamine groups is 3. The molecule has 0 radical (unpaired) electrons. The molecule has 1 unspecified atom stereocenters. The van der Waals surface area contributed by atoms with Gasteiger partial charge in [0.2, 0.25) is 0 Å². The average Bonchev–Trinajstić information content (AvgIpc) is 2.74. The van der Waals surface area contributed by atoms with Gasteiger partial charge in [0.05, 0.1) is 41.6 Å². The summed E-state index contributed by atoms with van der Waals surface area (Å²) in [6, 6.07) is 12.9. The molecule has 4 rings (SSSR count). The molecule has 0 spiro atoms. The second-order valence-corrected chi connectivity index (χ2v) is 9.37. The first kappa shape index (κ1) is 25.2. The molecule has 2 heterocycles. The summed E-state index contributed by atoms with van der Waals surface area (Å²) in [6.07, 6.45) is 1.47. The Balaban J connectivity index is 0.000000555. The highest BCUT2D eigenvalue weighted by Gasteiger charge is 2.28. The minimum Gasteiger partial charge on any atom is -0.595 e. The number of quaternary nitrogens is 2. The maximum atomic E-state index is 11.8. The van der Waals surface area contributed by atoms with Gasteiger partial charge in [-0.2, -0.15) is 18.3 Å². The minimum atomic E-state index is -3.67. The van der Waals surface area contributed by atoms with Crippen molar-refractivity contribution in [1.29, 1.82) is 0 Å². The van der Waals surface area contributed by atoms with E-state index in [9.17, 15) is 24.0 Å². The molecule has 0 bridgehead atoms. The van der Waals surface area contributed by atoms with Gasteiger partial charge in [-0.15, -0.1) is 0 Å². The van der Waals surface area contributed by atoms with Crippen LogP contribution >= 0.6 is 0 Å². The van der Waals surface area contributed by atoms with E-state index in [1.165, 1.54) is 0 Å². The lowest BCUT2D eigenvalue weighted by atomic mass is 10.1. The molecule has 1 aromatic heterocycles. The zero-order valence-corrected chi connectivity index (χ0v) is 19.1. The molecule has 0 amide bonds. The van der Waals surface area contributed by atoms with Crippen LogP contribution in [0.5, 0.6) is 0 Å². The average molecular weight is 482 g/mol. The van der Waals surface area contributed by atoms with Gasteiger partial charge in [-0.3, -0.25) is 4.55 Å². The molecule has 3 aromatic rings. The van der Waals surface area contributed by atoms with E-state index in [-0.39, 0.29) is 10.3 Å².